The van der Waals surface area contributed by atoms with Crippen molar-refractivity contribution in [2.45, 2.75) is 24.9 Å². The Morgan fingerprint density at radius 2 is 1.84 bits per heavy atom. The van der Waals surface area contributed by atoms with Gasteiger partial charge in [0.25, 0.3) is 0 Å². The van der Waals surface area contributed by atoms with Crippen LogP contribution in [0.15, 0.2) is 53.5 Å². The summed E-state index contributed by atoms with van der Waals surface area (Å²) >= 11 is 2.03. The summed E-state index contributed by atoms with van der Waals surface area (Å²) in [6.45, 7) is 0.772. The molecule has 0 aliphatic carbocycles. The summed E-state index contributed by atoms with van der Waals surface area (Å²) in [5.41, 5.74) is 4.53. The fourth-order valence-electron chi connectivity index (χ4n) is 3.61. The van der Waals surface area contributed by atoms with E-state index < -0.39 is 0 Å². The maximum Gasteiger partial charge on any atom is 0.128 e. The summed E-state index contributed by atoms with van der Waals surface area (Å²) < 4.78 is 0. The molecule has 1 saturated heterocycles. The first-order valence-electron chi connectivity index (χ1n) is 8.84. The van der Waals surface area contributed by atoms with E-state index in [4.69, 9.17) is 4.99 Å². The molecule has 0 radical (unpaired) electrons. The summed E-state index contributed by atoms with van der Waals surface area (Å²) in [5, 5.41) is 10.7. The highest BCUT2D eigenvalue weighted by Gasteiger charge is 2.40. The van der Waals surface area contributed by atoms with Crippen molar-refractivity contribution in [3.63, 3.8) is 0 Å². The van der Waals surface area contributed by atoms with Crippen LogP contribution in [0, 0.1) is 0 Å². The van der Waals surface area contributed by atoms with Gasteiger partial charge in [-0.05, 0) is 48.1 Å². The molecule has 2 aliphatic rings. The number of benzene rings is 2. The zero-order valence-corrected chi connectivity index (χ0v) is 15.3. The zero-order valence-electron chi connectivity index (χ0n) is 14.5. The van der Waals surface area contributed by atoms with Gasteiger partial charge in [0.1, 0.15) is 5.84 Å². The number of rotatable bonds is 3. The zero-order chi connectivity index (χ0) is 17.1. The predicted molar refractivity (Wildman–Crippen MR) is 109 cm³/mol. The molecule has 0 aromatic heterocycles. The fourth-order valence-corrected chi connectivity index (χ4v) is 4.80. The minimum absolute atomic E-state index is 0.0613. The molecule has 0 saturated carbocycles. The Bertz CT molecular complexity index is 781. The van der Waals surface area contributed by atoms with Gasteiger partial charge in [0.2, 0.25) is 0 Å². The number of thioether (sulfide) groups is 1. The molecule has 1 fully saturated rings. The minimum Gasteiger partial charge on any atom is -0.388 e. The molecule has 4 rings (SSSR count). The molecule has 4 nitrogen and oxygen atoms in total. The van der Waals surface area contributed by atoms with Gasteiger partial charge in [0.05, 0.1) is 16.9 Å². The van der Waals surface area contributed by atoms with Crippen LogP contribution in [0.2, 0.25) is 0 Å². The molecule has 2 aromatic rings. The number of nitrogens with zero attached hydrogens (tertiary/aromatic N) is 1. The van der Waals surface area contributed by atoms with Gasteiger partial charge < -0.3 is 16.0 Å². The SMILES string of the molecule is CNc1ccccc1CNC1=Nc2ccccc2NC12CCSCC2. The van der Waals surface area contributed by atoms with Crippen LogP contribution in [-0.4, -0.2) is 29.9 Å². The molecular weight excluding hydrogens is 328 g/mol. The molecule has 2 heterocycles. The van der Waals surface area contributed by atoms with E-state index >= 15 is 0 Å². The summed E-state index contributed by atoms with van der Waals surface area (Å²) in [6, 6.07) is 16.8. The quantitative estimate of drug-likeness (QED) is 0.773. The van der Waals surface area contributed by atoms with Gasteiger partial charge in [-0.15, -0.1) is 0 Å². The number of aliphatic imine (C=N–C) groups is 1. The monoisotopic (exact) mass is 352 g/mol. The van der Waals surface area contributed by atoms with Gasteiger partial charge in [-0.1, -0.05) is 30.3 Å². The van der Waals surface area contributed by atoms with Gasteiger partial charge in [-0.3, -0.25) is 0 Å². The normalized spacial score (nSPS) is 18.0. The Morgan fingerprint density at radius 1 is 1.08 bits per heavy atom. The van der Waals surface area contributed by atoms with Gasteiger partial charge >= 0.3 is 0 Å². The summed E-state index contributed by atoms with van der Waals surface area (Å²) in [5.74, 6) is 3.42. The van der Waals surface area contributed by atoms with Crippen molar-refractivity contribution in [1.29, 1.82) is 0 Å². The molecule has 1 spiro atoms. The third kappa shape index (κ3) is 3.21. The highest BCUT2D eigenvalue weighted by Crippen LogP contribution is 2.39. The average molecular weight is 353 g/mol. The van der Waals surface area contributed by atoms with Crippen LogP contribution < -0.4 is 16.0 Å². The lowest BCUT2D eigenvalue weighted by Crippen LogP contribution is -2.55. The first kappa shape index (κ1) is 16.3. The van der Waals surface area contributed by atoms with Gasteiger partial charge in [0.15, 0.2) is 0 Å². The van der Waals surface area contributed by atoms with Crippen LogP contribution in [0.1, 0.15) is 18.4 Å². The van der Waals surface area contributed by atoms with Crippen molar-refractivity contribution in [2.75, 3.05) is 29.2 Å². The van der Waals surface area contributed by atoms with E-state index in [1.165, 1.54) is 17.1 Å². The van der Waals surface area contributed by atoms with E-state index in [9.17, 15) is 0 Å². The van der Waals surface area contributed by atoms with Gasteiger partial charge in [0, 0.05) is 19.3 Å². The molecule has 130 valence electrons. The standard InChI is InChI=1S/C20H24N4S/c1-21-16-7-3-2-6-15(16)14-22-19-20(10-12-25-13-11-20)24-18-9-5-4-8-17(18)23-19/h2-9,21,24H,10-14H2,1H3,(H,22,23). The van der Waals surface area contributed by atoms with Crippen molar-refractivity contribution in [3.8, 4) is 0 Å². The van der Waals surface area contributed by atoms with Crippen LogP contribution in [0.3, 0.4) is 0 Å². The van der Waals surface area contributed by atoms with E-state index in [-0.39, 0.29) is 5.54 Å². The molecule has 3 N–H and O–H groups in total. The molecule has 5 heteroatoms. The lowest BCUT2D eigenvalue weighted by Gasteiger charge is -2.42. The second-order valence-corrected chi connectivity index (χ2v) is 7.78. The number of anilines is 2. The Kier molecular flexibility index (Phi) is 4.57. The molecule has 0 amide bonds. The maximum absolute atomic E-state index is 5.01. The highest BCUT2D eigenvalue weighted by molar-refractivity contribution is 7.99. The molecular formula is C20H24N4S. The lowest BCUT2D eigenvalue weighted by molar-refractivity contribution is 0.543. The number of amidine groups is 1. The number of nitrogens with one attached hydrogen (secondary N) is 3. The summed E-state index contributed by atoms with van der Waals surface area (Å²) in [6.07, 6.45) is 2.21. The Hall–Kier alpha value is -2.14. The van der Waals surface area contributed by atoms with E-state index in [1.54, 1.807) is 0 Å². The second kappa shape index (κ2) is 7.00. The highest BCUT2D eigenvalue weighted by atomic mass is 32.2. The smallest absolute Gasteiger partial charge is 0.128 e. The van der Waals surface area contributed by atoms with Crippen molar-refractivity contribution < 1.29 is 0 Å². The largest absolute Gasteiger partial charge is 0.388 e. The third-order valence-electron chi connectivity index (χ3n) is 5.04. The summed E-state index contributed by atoms with van der Waals surface area (Å²) in [7, 11) is 1.97. The topological polar surface area (TPSA) is 48.5 Å². The van der Waals surface area contributed by atoms with Crippen LogP contribution in [0.5, 0.6) is 0 Å². The van der Waals surface area contributed by atoms with Crippen molar-refractivity contribution in [1.82, 2.24) is 5.32 Å². The number of hydrogen-bond donors (Lipinski definition) is 3. The average Bonchev–Trinajstić information content (AvgIpc) is 2.67. The molecule has 0 bridgehead atoms. The molecule has 25 heavy (non-hydrogen) atoms. The maximum atomic E-state index is 5.01. The van der Waals surface area contributed by atoms with Crippen molar-refractivity contribution in [2.24, 2.45) is 4.99 Å². The number of fused-ring (bicyclic) bond motifs is 1. The van der Waals surface area contributed by atoms with E-state index in [2.05, 4.69) is 58.4 Å². The molecule has 2 aromatic carbocycles. The van der Waals surface area contributed by atoms with Crippen molar-refractivity contribution >= 4 is 34.7 Å². The van der Waals surface area contributed by atoms with Gasteiger partial charge in [-0.25, -0.2) is 4.99 Å². The minimum atomic E-state index is -0.0613. The van der Waals surface area contributed by atoms with Crippen LogP contribution >= 0.6 is 11.8 Å². The van der Waals surface area contributed by atoms with Crippen LogP contribution in [0.4, 0.5) is 17.1 Å². The first-order chi connectivity index (χ1) is 12.3. The fraction of sp³-hybridized carbons (Fsp3) is 0.350. The third-order valence-corrected chi connectivity index (χ3v) is 6.03. The Balaban J connectivity index is 1.63. The molecule has 0 atom stereocenters. The van der Waals surface area contributed by atoms with Crippen LogP contribution in [-0.2, 0) is 6.54 Å². The Morgan fingerprint density at radius 3 is 2.68 bits per heavy atom. The number of hydrogen-bond acceptors (Lipinski definition) is 5. The molecule has 2 aliphatic heterocycles. The lowest BCUT2D eigenvalue weighted by atomic mass is 9.88. The predicted octanol–water partition coefficient (Wildman–Crippen LogP) is 4.24. The Labute approximate surface area is 153 Å². The van der Waals surface area contributed by atoms with Gasteiger partial charge in [-0.2, -0.15) is 11.8 Å². The van der Waals surface area contributed by atoms with Crippen molar-refractivity contribution in [3.05, 3.63) is 54.1 Å². The summed E-state index contributed by atoms with van der Waals surface area (Å²) in [4.78, 5) is 5.01. The van der Waals surface area contributed by atoms with E-state index in [0.717, 1.165) is 42.3 Å². The van der Waals surface area contributed by atoms with Crippen LogP contribution in [0.25, 0.3) is 0 Å². The van der Waals surface area contributed by atoms with E-state index in [1.807, 2.05) is 24.9 Å². The first-order valence-corrected chi connectivity index (χ1v) is 10.00. The van der Waals surface area contributed by atoms with E-state index in [0.29, 0.717) is 0 Å². The number of para-hydroxylation sites is 3. The molecule has 0 unspecified atom stereocenters. The second-order valence-electron chi connectivity index (χ2n) is 6.56.